The summed E-state index contributed by atoms with van der Waals surface area (Å²) in [6.45, 7) is 2.88. The van der Waals surface area contributed by atoms with E-state index in [-0.39, 0.29) is 5.82 Å². The summed E-state index contributed by atoms with van der Waals surface area (Å²) in [6, 6.07) is 14.1. The standard InChI is InChI=1S/C21H20N4O4S/c1-28-18-12-16(30-20-14-22-13-19(23-20)25(26)27)11-17(15-5-3-2-4-6-15)21(18)24-7-9-29-10-8-24/h2-6,11-14H,7-10H2,1H3. The molecule has 0 aliphatic carbocycles. The largest absolute Gasteiger partial charge is 0.495 e. The fourth-order valence-corrected chi connectivity index (χ4v) is 4.18. The van der Waals surface area contributed by atoms with E-state index >= 15 is 0 Å². The minimum absolute atomic E-state index is 0.278. The van der Waals surface area contributed by atoms with Gasteiger partial charge in [-0.2, -0.15) is 0 Å². The van der Waals surface area contributed by atoms with Gasteiger partial charge in [-0.1, -0.05) is 30.3 Å². The number of rotatable bonds is 6. The number of nitro groups is 1. The van der Waals surface area contributed by atoms with Gasteiger partial charge < -0.3 is 24.5 Å². The van der Waals surface area contributed by atoms with Gasteiger partial charge in [-0.25, -0.2) is 0 Å². The summed E-state index contributed by atoms with van der Waals surface area (Å²) in [5.74, 6) is 0.458. The molecule has 2 aromatic carbocycles. The lowest BCUT2D eigenvalue weighted by molar-refractivity contribution is -0.390. The van der Waals surface area contributed by atoms with Crippen molar-refractivity contribution in [2.45, 2.75) is 9.92 Å². The van der Waals surface area contributed by atoms with Gasteiger partial charge >= 0.3 is 5.82 Å². The van der Waals surface area contributed by atoms with Crippen LogP contribution in [0.2, 0.25) is 0 Å². The normalized spacial score (nSPS) is 13.8. The van der Waals surface area contributed by atoms with Crippen LogP contribution in [-0.4, -0.2) is 48.3 Å². The van der Waals surface area contributed by atoms with Crippen molar-refractivity contribution >= 4 is 23.3 Å². The molecule has 1 aromatic heterocycles. The summed E-state index contributed by atoms with van der Waals surface area (Å²) < 4.78 is 11.3. The Morgan fingerprint density at radius 3 is 2.63 bits per heavy atom. The van der Waals surface area contributed by atoms with Crippen molar-refractivity contribution in [2.24, 2.45) is 0 Å². The van der Waals surface area contributed by atoms with Crippen molar-refractivity contribution in [3.63, 3.8) is 0 Å². The van der Waals surface area contributed by atoms with E-state index in [1.165, 1.54) is 18.0 Å². The molecular formula is C21H20N4O4S. The highest BCUT2D eigenvalue weighted by Crippen LogP contribution is 2.43. The molecule has 1 fully saturated rings. The van der Waals surface area contributed by atoms with Gasteiger partial charge in [0.15, 0.2) is 0 Å². The molecular weight excluding hydrogens is 404 g/mol. The fourth-order valence-electron chi connectivity index (χ4n) is 3.34. The second kappa shape index (κ2) is 9.10. The highest BCUT2D eigenvalue weighted by Gasteiger charge is 2.22. The Bertz CT molecular complexity index is 1040. The van der Waals surface area contributed by atoms with E-state index in [0.29, 0.717) is 18.2 Å². The summed E-state index contributed by atoms with van der Waals surface area (Å²) in [5.41, 5.74) is 3.10. The molecule has 30 heavy (non-hydrogen) atoms. The van der Waals surface area contributed by atoms with Gasteiger partial charge in [-0.05, 0) is 39.4 Å². The quantitative estimate of drug-likeness (QED) is 0.432. The van der Waals surface area contributed by atoms with Crippen LogP contribution in [0, 0.1) is 10.1 Å². The fraction of sp³-hybridized carbons (Fsp3) is 0.238. The Labute approximate surface area is 178 Å². The van der Waals surface area contributed by atoms with Crippen molar-refractivity contribution in [1.82, 2.24) is 9.97 Å². The minimum atomic E-state index is -0.547. The zero-order valence-electron chi connectivity index (χ0n) is 16.4. The first-order chi connectivity index (χ1) is 14.7. The van der Waals surface area contributed by atoms with Crippen LogP contribution in [0.1, 0.15) is 0 Å². The number of anilines is 1. The van der Waals surface area contributed by atoms with Crippen molar-refractivity contribution in [3.8, 4) is 16.9 Å². The number of ether oxygens (including phenoxy) is 2. The molecule has 0 atom stereocenters. The molecule has 0 amide bonds. The molecule has 3 aromatic rings. The Hall–Kier alpha value is -3.17. The monoisotopic (exact) mass is 424 g/mol. The second-order valence-corrected chi connectivity index (χ2v) is 7.66. The second-order valence-electron chi connectivity index (χ2n) is 6.56. The number of hydrogen-bond acceptors (Lipinski definition) is 8. The summed E-state index contributed by atoms with van der Waals surface area (Å²) in [7, 11) is 1.65. The minimum Gasteiger partial charge on any atom is -0.495 e. The SMILES string of the molecule is COc1cc(Sc2cncc([N+](=O)[O-])n2)cc(-c2ccccc2)c1N1CCOCC1. The summed E-state index contributed by atoms with van der Waals surface area (Å²) in [6.07, 6.45) is 2.66. The number of benzene rings is 2. The number of nitrogens with zero attached hydrogens (tertiary/aromatic N) is 4. The zero-order valence-corrected chi connectivity index (χ0v) is 17.2. The molecule has 9 heteroatoms. The van der Waals surface area contributed by atoms with Crippen molar-refractivity contribution < 1.29 is 14.4 Å². The van der Waals surface area contributed by atoms with E-state index in [2.05, 4.69) is 33.1 Å². The third kappa shape index (κ3) is 4.37. The summed E-state index contributed by atoms with van der Waals surface area (Å²) in [4.78, 5) is 21.6. The number of aromatic nitrogens is 2. The van der Waals surface area contributed by atoms with Gasteiger partial charge in [0, 0.05) is 23.5 Å². The molecule has 0 bridgehead atoms. The number of hydrogen-bond donors (Lipinski definition) is 0. The van der Waals surface area contributed by atoms with Crippen LogP contribution in [0.15, 0.2) is 64.8 Å². The van der Waals surface area contributed by atoms with Crippen molar-refractivity contribution in [2.75, 3.05) is 38.3 Å². The predicted molar refractivity (Wildman–Crippen MR) is 114 cm³/mol. The first-order valence-corrected chi connectivity index (χ1v) is 10.2. The van der Waals surface area contributed by atoms with Crippen LogP contribution < -0.4 is 9.64 Å². The highest BCUT2D eigenvalue weighted by atomic mass is 32.2. The van der Waals surface area contributed by atoms with Crippen LogP contribution in [-0.2, 0) is 4.74 Å². The van der Waals surface area contributed by atoms with Gasteiger partial charge in [-0.3, -0.25) is 4.98 Å². The van der Waals surface area contributed by atoms with Gasteiger partial charge in [-0.15, -0.1) is 0 Å². The molecule has 0 N–H and O–H groups in total. The average molecular weight is 424 g/mol. The Balaban J connectivity index is 1.79. The molecule has 1 saturated heterocycles. The van der Waals surface area contributed by atoms with Crippen LogP contribution in [0.5, 0.6) is 5.75 Å². The first-order valence-electron chi connectivity index (χ1n) is 9.40. The molecule has 154 valence electrons. The van der Waals surface area contributed by atoms with Crippen LogP contribution in [0.4, 0.5) is 11.5 Å². The molecule has 0 spiro atoms. The third-order valence-corrected chi connectivity index (χ3v) is 5.57. The lowest BCUT2D eigenvalue weighted by Gasteiger charge is -2.32. The topological polar surface area (TPSA) is 90.6 Å². The van der Waals surface area contributed by atoms with Crippen LogP contribution >= 0.6 is 11.8 Å². The van der Waals surface area contributed by atoms with E-state index in [9.17, 15) is 10.1 Å². The summed E-state index contributed by atoms with van der Waals surface area (Å²) in [5, 5.41) is 11.5. The highest BCUT2D eigenvalue weighted by molar-refractivity contribution is 7.99. The maximum absolute atomic E-state index is 11.0. The molecule has 4 rings (SSSR count). The molecule has 0 radical (unpaired) electrons. The van der Waals surface area contributed by atoms with Crippen LogP contribution in [0.3, 0.4) is 0 Å². The lowest BCUT2D eigenvalue weighted by atomic mass is 10.0. The molecule has 1 aliphatic rings. The molecule has 0 unspecified atom stereocenters. The maximum Gasteiger partial charge on any atom is 0.383 e. The third-order valence-electron chi connectivity index (χ3n) is 4.69. The van der Waals surface area contributed by atoms with E-state index in [0.717, 1.165) is 46.7 Å². The lowest BCUT2D eigenvalue weighted by Crippen LogP contribution is -2.36. The Morgan fingerprint density at radius 2 is 1.93 bits per heavy atom. The van der Waals surface area contributed by atoms with E-state index < -0.39 is 4.92 Å². The molecule has 0 saturated carbocycles. The first kappa shape index (κ1) is 20.1. The molecule has 2 heterocycles. The maximum atomic E-state index is 11.0. The van der Waals surface area contributed by atoms with Gasteiger partial charge in [0.2, 0.25) is 5.03 Å². The van der Waals surface area contributed by atoms with Gasteiger partial charge in [0.05, 0.1) is 32.2 Å². The van der Waals surface area contributed by atoms with E-state index in [1.54, 1.807) is 7.11 Å². The van der Waals surface area contributed by atoms with Gasteiger partial charge in [0.1, 0.15) is 11.9 Å². The predicted octanol–water partition coefficient (Wildman–Crippen LogP) is 4.05. The average Bonchev–Trinajstić information content (AvgIpc) is 2.80. The number of morpholine rings is 1. The van der Waals surface area contributed by atoms with E-state index in [4.69, 9.17) is 9.47 Å². The van der Waals surface area contributed by atoms with Crippen molar-refractivity contribution in [3.05, 3.63) is 65.0 Å². The Morgan fingerprint density at radius 1 is 1.17 bits per heavy atom. The zero-order chi connectivity index (χ0) is 20.9. The van der Waals surface area contributed by atoms with Crippen molar-refractivity contribution in [1.29, 1.82) is 0 Å². The smallest absolute Gasteiger partial charge is 0.383 e. The van der Waals surface area contributed by atoms with Crippen LogP contribution in [0.25, 0.3) is 11.1 Å². The summed E-state index contributed by atoms with van der Waals surface area (Å²) >= 11 is 1.31. The number of methoxy groups -OCH3 is 1. The van der Waals surface area contributed by atoms with E-state index in [1.807, 2.05) is 24.3 Å². The molecule has 8 nitrogen and oxygen atoms in total. The molecule has 1 aliphatic heterocycles. The van der Waals surface area contributed by atoms with Gasteiger partial charge in [0.25, 0.3) is 0 Å². The Kier molecular flexibility index (Phi) is 6.10.